The first kappa shape index (κ1) is 19.8. The van der Waals surface area contributed by atoms with E-state index in [2.05, 4.69) is 153 Å². The van der Waals surface area contributed by atoms with Crippen molar-refractivity contribution in [3.63, 3.8) is 0 Å². The van der Waals surface area contributed by atoms with E-state index >= 15 is 0 Å². The van der Waals surface area contributed by atoms with Gasteiger partial charge in [-0.1, -0.05) is 84.9 Å². The Hall–Kier alpha value is -3.82. The van der Waals surface area contributed by atoms with Crippen molar-refractivity contribution < 1.29 is 0 Å². The molecule has 0 saturated carbocycles. The zero-order chi connectivity index (χ0) is 22.2. The van der Waals surface area contributed by atoms with Gasteiger partial charge < -0.3 is 9.80 Å². The van der Waals surface area contributed by atoms with E-state index in [0.717, 1.165) is 38.6 Å². The van der Waals surface area contributed by atoms with Gasteiger partial charge in [0.15, 0.2) is 0 Å². The number of fused-ring (bicyclic) bond motifs is 2. The highest BCUT2D eigenvalue weighted by Gasteiger charge is 2.31. The lowest BCUT2D eigenvalue weighted by Crippen LogP contribution is -2.24. The van der Waals surface area contributed by atoms with E-state index in [1.54, 1.807) is 0 Å². The second kappa shape index (κ2) is 8.27. The quantitative estimate of drug-likeness (QED) is 0.244. The fourth-order valence-electron chi connectivity index (χ4n) is 4.63. The van der Waals surface area contributed by atoms with Crippen LogP contribution in [0.1, 0.15) is 0 Å². The Balaban J connectivity index is 1.64. The van der Waals surface area contributed by atoms with Crippen LogP contribution in [0.4, 0.5) is 34.1 Å². The van der Waals surface area contributed by atoms with Crippen molar-refractivity contribution in [2.75, 3.05) is 9.80 Å². The molecule has 0 amide bonds. The molecule has 0 radical (unpaired) electrons. The molecule has 33 heavy (non-hydrogen) atoms. The number of benzene rings is 5. The van der Waals surface area contributed by atoms with Gasteiger partial charge in [0.25, 0.3) is 0 Å². The highest BCUT2D eigenvalue weighted by Crippen LogP contribution is 2.55. The molecule has 1 aliphatic rings. The first-order valence-electron chi connectivity index (χ1n) is 11.0. The Morgan fingerprint density at radius 2 is 0.758 bits per heavy atom. The number of para-hydroxylation sites is 6. The summed E-state index contributed by atoms with van der Waals surface area (Å²) in [6.07, 6.45) is 0. The molecule has 0 fully saturated rings. The van der Waals surface area contributed by atoms with Crippen molar-refractivity contribution >= 4 is 50.1 Å². The summed E-state index contributed by atoms with van der Waals surface area (Å²) in [7, 11) is 0. The smallest absolute Gasteiger partial charge is 0.0703 e. The lowest BCUT2D eigenvalue weighted by molar-refractivity contribution is 1.17. The second-order valence-corrected chi connectivity index (χ2v) is 8.84. The molecule has 0 saturated heterocycles. The summed E-state index contributed by atoms with van der Waals surface area (Å²) in [4.78, 5) is 4.73. The monoisotopic (exact) mass is 488 g/mol. The molecule has 1 heterocycles. The molecule has 2 nitrogen and oxygen atoms in total. The molecule has 0 aliphatic carbocycles. The molecule has 0 bridgehead atoms. The van der Waals surface area contributed by atoms with Gasteiger partial charge in [-0.2, -0.15) is 0 Å². The largest absolute Gasteiger partial charge is 0.306 e. The highest BCUT2D eigenvalue weighted by atomic mass is 79.9. The number of anilines is 6. The van der Waals surface area contributed by atoms with Crippen LogP contribution in [-0.2, 0) is 0 Å². The number of nitrogens with zero attached hydrogens (tertiary/aromatic N) is 2. The van der Waals surface area contributed by atoms with Crippen LogP contribution < -0.4 is 9.80 Å². The standard InChI is InChI=1S/C30H21BrN2/c31-24-15-5-7-17-26(24)33-29-20-10-8-18-27(29)32(28-19-9-11-21-30(28)33)25-16-6-4-14-23(25)22-12-2-1-3-13-22/h1-21H. The topological polar surface area (TPSA) is 6.48 Å². The van der Waals surface area contributed by atoms with Crippen molar-refractivity contribution in [3.8, 4) is 11.1 Å². The Kier molecular flexibility index (Phi) is 4.97. The van der Waals surface area contributed by atoms with Gasteiger partial charge in [0.1, 0.15) is 0 Å². The molecule has 158 valence electrons. The van der Waals surface area contributed by atoms with Crippen LogP contribution >= 0.6 is 15.9 Å². The van der Waals surface area contributed by atoms with Gasteiger partial charge >= 0.3 is 0 Å². The molecular weight excluding hydrogens is 468 g/mol. The Labute approximate surface area is 202 Å². The summed E-state index contributed by atoms with van der Waals surface area (Å²) in [6.45, 7) is 0. The van der Waals surface area contributed by atoms with Gasteiger partial charge in [0.05, 0.1) is 34.1 Å². The molecule has 0 unspecified atom stereocenters. The van der Waals surface area contributed by atoms with Crippen molar-refractivity contribution in [1.29, 1.82) is 0 Å². The minimum Gasteiger partial charge on any atom is -0.306 e. The van der Waals surface area contributed by atoms with Crippen molar-refractivity contribution in [3.05, 3.63) is 132 Å². The van der Waals surface area contributed by atoms with E-state index in [-0.39, 0.29) is 0 Å². The van der Waals surface area contributed by atoms with Crippen LogP contribution in [0.2, 0.25) is 0 Å². The summed E-state index contributed by atoms with van der Waals surface area (Å²) >= 11 is 3.78. The average molecular weight is 489 g/mol. The molecule has 0 N–H and O–H groups in total. The van der Waals surface area contributed by atoms with E-state index in [1.165, 1.54) is 11.1 Å². The van der Waals surface area contributed by atoms with Gasteiger partial charge in [-0.05, 0) is 64.0 Å². The molecule has 3 heteroatoms. The number of rotatable bonds is 3. The summed E-state index contributed by atoms with van der Waals surface area (Å²) in [5.74, 6) is 0. The van der Waals surface area contributed by atoms with Crippen LogP contribution in [0, 0.1) is 0 Å². The van der Waals surface area contributed by atoms with Gasteiger partial charge in [-0.25, -0.2) is 0 Å². The highest BCUT2D eigenvalue weighted by molar-refractivity contribution is 9.10. The molecule has 0 spiro atoms. The lowest BCUT2D eigenvalue weighted by atomic mass is 9.99. The van der Waals surface area contributed by atoms with Crippen molar-refractivity contribution in [1.82, 2.24) is 0 Å². The summed E-state index contributed by atoms with van der Waals surface area (Å²) < 4.78 is 1.06. The third-order valence-corrected chi connectivity index (χ3v) is 6.72. The predicted molar refractivity (Wildman–Crippen MR) is 143 cm³/mol. The first-order valence-corrected chi connectivity index (χ1v) is 11.8. The first-order chi connectivity index (χ1) is 16.3. The van der Waals surface area contributed by atoms with E-state index in [4.69, 9.17) is 0 Å². The molecule has 6 rings (SSSR count). The molecule has 5 aromatic carbocycles. The predicted octanol–water partition coefficient (Wildman–Crippen LogP) is 9.37. The summed E-state index contributed by atoms with van der Waals surface area (Å²) in [5.41, 5.74) is 9.28. The zero-order valence-electron chi connectivity index (χ0n) is 17.9. The third-order valence-electron chi connectivity index (χ3n) is 6.05. The fraction of sp³-hybridized carbons (Fsp3) is 0. The van der Waals surface area contributed by atoms with Gasteiger partial charge in [0, 0.05) is 10.0 Å². The Bertz CT molecular complexity index is 1400. The minimum absolute atomic E-state index is 1.06. The number of hydrogen-bond acceptors (Lipinski definition) is 2. The zero-order valence-corrected chi connectivity index (χ0v) is 19.5. The maximum Gasteiger partial charge on any atom is 0.0703 e. The molecule has 5 aromatic rings. The molecule has 0 aromatic heterocycles. The molecule has 0 atom stereocenters. The van der Waals surface area contributed by atoms with Crippen LogP contribution in [-0.4, -0.2) is 0 Å². The van der Waals surface area contributed by atoms with Gasteiger partial charge in [-0.3, -0.25) is 0 Å². The third kappa shape index (κ3) is 3.33. The second-order valence-electron chi connectivity index (χ2n) is 7.98. The van der Waals surface area contributed by atoms with Crippen molar-refractivity contribution in [2.24, 2.45) is 0 Å². The van der Waals surface area contributed by atoms with E-state index in [9.17, 15) is 0 Å². The van der Waals surface area contributed by atoms with E-state index in [1.807, 2.05) is 0 Å². The molecule has 1 aliphatic heterocycles. The maximum absolute atomic E-state index is 3.78. The van der Waals surface area contributed by atoms with Crippen molar-refractivity contribution in [2.45, 2.75) is 0 Å². The summed E-state index contributed by atoms with van der Waals surface area (Å²) in [5, 5.41) is 0. The number of hydrogen-bond donors (Lipinski definition) is 0. The fourth-order valence-corrected chi connectivity index (χ4v) is 5.09. The van der Waals surface area contributed by atoms with Crippen LogP contribution in [0.5, 0.6) is 0 Å². The maximum atomic E-state index is 3.78. The van der Waals surface area contributed by atoms with Crippen LogP contribution in [0.3, 0.4) is 0 Å². The number of halogens is 1. The van der Waals surface area contributed by atoms with Gasteiger partial charge in [0.2, 0.25) is 0 Å². The Morgan fingerprint density at radius 1 is 0.364 bits per heavy atom. The SMILES string of the molecule is Brc1ccccc1N1c2ccccc2N(c2ccccc2-c2ccccc2)c2ccccc21. The summed E-state index contributed by atoms with van der Waals surface area (Å²) in [6, 6.07) is 44.9. The Morgan fingerprint density at radius 3 is 1.30 bits per heavy atom. The average Bonchev–Trinajstić information content (AvgIpc) is 2.88. The van der Waals surface area contributed by atoms with Crippen LogP contribution in [0.25, 0.3) is 11.1 Å². The molecular formula is C30H21BrN2. The van der Waals surface area contributed by atoms with E-state index < -0.39 is 0 Å². The van der Waals surface area contributed by atoms with Crippen LogP contribution in [0.15, 0.2) is 132 Å². The normalized spacial score (nSPS) is 12.3. The minimum atomic E-state index is 1.06. The lowest BCUT2D eigenvalue weighted by Gasteiger charge is -2.41. The van der Waals surface area contributed by atoms with Gasteiger partial charge in [-0.15, -0.1) is 0 Å². The van der Waals surface area contributed by atoms with E-state index in [0.29, 0.717) is 0 Å².